The summed E-state index contributed by atoms with van der Waals surface area (Å²) in [4.78, 5) is 2.34. The van der Waals surface area contributed by atoms with Crippen molar-refractivity contribution < 1.29 is 9.84 Å². The van der Waals surface area contributed by atoms with Crippen molar-refractivity contribution in [2.75, 3.05) is 26.2 Å². The molecule has 3 nitrogen and oxygen atoms in total. The first kappa shape index (κ1) is 13.8. The van der Waals surface area contributed by atoms with E-state index in [1.165, 1.54) is 0 Å². The summed E-state index contributed by atoms with van der Waals surface area (Å²) in [5.41, 5.74) is -0.471. The predicted molar refractivity (Wildman–Crippen MR) is 75.9 cm³/mol. The Balaban J connectivity index is 1.70. The van der Waals surface area contributed by atoms with Crippen LogP contribution in [0.25, 0.3) is 0 Å². The smallest absolute Gasteiger partial charge is 0.120 e. The Hall–Kier alpha value is -0.580. The molecule has 0 spiro atoms. The number of halogens is 1. The van der Waals surface area contributed by atoms with E-state index in [1.54, 1.807) is 0 Å². The standard InChI is InChI=1S/C14H20BrNO2/c1-14(17)5-7-16(8-6-14)9-10-18-13-4-2-3-12(15)11-13/h2-4,11,17H,5-10H2,1H3. The molecule has 1 aliphatic rings. The summed E-state index contributed by atoms with van der Waals surface area (Å²) in [6.07, 6.45) is 1.70. The van der Waals surface area contributed by atoms with Crippen molar-refractivity contribution in [3.05, 3.63) is 28.7 Å². The van der Waals surface area contributed by atoms with Gasteiger partial charge in [-0.3, -0.25) is 4.90 Å². The largest absolute Gasteiger partial charge is 0.492 e. The van der Waals surface area contributed by atoms with E-state index in [0.717, 1.165) is 42.7 Å². The second kappa shape index (κ2) is 6.04. The topological polar surface area (TPSA) is 32.7 Å². The fourth-order valence-corrected chi connectivity index (χ4v) is 2.49. The summed E-state index contributed by atoms with van der Waals surface area (Å²) in [5.74, 6) is 0.897. The highest BCUT2D eigenvalue weighted by Crippen LogP contribution is 2.21. The third-order valence-corrected chi connectivity index (χ3v) is 3.90. The van der Waals surface area contributed by atoms with Gasteiger partial charge < -0.3 is 9.84 Å². The molecule has 0 aliphatic carbocycles. The maximum atomic E-state index is 9.86. The summed E-state index contributed by atoms with van der Waals surface area (Å²) in [6.45, 7) is 5.44. The van der Waals surface area contributed by atoms with Gasteiger partial charge in [-0.25, -0.2) is 0 Å². The normalized spacial score (nSPS) is 19.7. The summed E-state index contributed by atoms with van der Waals surface area (Å²) in [7, 11) is 0. The average molecular weight is 314 g/mol. The molecule has 2 rings (SSSR count). The number of aliphatic hydroxyl groups is 1. The highest BCUT2D eigenvalue weighted by molar-refractivity contribution is 9.10. The van der Waals surface area contributed by atoms with Crippen LogP contribution in [0.2, 0.25) is 0 Å². The number of rotatable bonds is 4. The quantitative estimate of drug-likeness (QED) is 0.927. The number of hydrogen-bond donors (Lipinski definition) is 1. The van der Waals surface area contributed by atoms with Gasteiger partial charge in [-0.15, -0.1) is 0 Å². The second-order valence-corrected chi connectivity index (χ2v) is 6.06. The van der Waals surface area contributed by atoms with E-state index >= 15 is 0 Å². The van der Waals surface area contributed by atoms with Crippen LogP contribution in [0.4, 0.5) is 0 Å². The Morgan fingerprint density at radius 3 is 2.78 bits per heavy atom. The molecular weight excluding hydrogens is 294 g/mol. The van der Waals surface area contributed by atoms with Crippen LogP contribution in [0, 0.1) is 0 Å². The van der Waals surface area contributed by atoms with Crippen LogP contribution in [0.15, 0.2) is 28.7 Å². The SMILES string of the molecule is CC1(O)CCN(CCOc2cccc(Br)c2)CC1. The molecule has 1 fully saturated rings. The average Bonchev–Trinajstić information content (AvgIpc) is 2.31. The lowest BCUT2D eigenvalue weighted by Crippen LogP contribution is -2.43. The van der Waals surface area contributed by atoms with Gasteiger partial charge in [0.1, 0.15) is 12.4 Å². The molecule has 1 aromatic rings. The Kier molecular flexibility index (Phi) is 4.65. The van der Waals surface area contributed by atoms with E-state index in [4.69, 9.17) is 4.74 Å². The monoisotopic (exact) mass is 313 g/mol. The second-order valence-electron chi connectivity index (χ2n) is 5.14. The number of piperidine rings is 1. The molecule has 0 aromatic heterocycles. The van der Waals surface area contributed by atoms with Gasteiger partial charge in [0.15, 0.2) is 0 Å². The molecule has 0 unspecified atom stereocenters. The van der Waals surface area contributed by atoms with Gasteiger partial charge in [0.2, 0.25) is 0 Å². The Labute approximate surface area is 117 Å². The molecule has 100 valence electrons. The lowest BCUT2D eigenvalue weighted by Gasteiger charge is -2.35. The van der Waals surface area contributed by atoms with E-state index in [-0.39, 0.29) is 0 Å². The molecule has 0 bridgehead atoms. The molecule has 0 saturated carbocycles. The van der Waals surface area contributed by atoms with Crippen LogP contribution in [0.3, 0.4) is 0 Å². The first-order chi connectivity index (χ1) is 8.55. The van der Waals surface area contributed by atoms with Crippen LogP contribution in [0.1, 0.15) is 19.8 Å². The van der Waals surface area contributed by atoms with Crippen molar-refractivity contribution in [3.8, 4) is 5.75 Å². The first-order valence-electron chi connectivity index (χ1n) is 6.38. The van der Waals surface area contributed by atoms with Gasteiger partial charge in [-0.2, -0.15) is 0 Å². The molecule has 0 amide bonds. The van der Waals surface area contributed by atoms with Gasteiger partial charge in [0.25, 0.3) is 0 Å². The van der Waals surface area contributed by atoms with E-state index in [9.17, 15) is 5.11 Å². The molecule has 0 radical (unpaired) electrons. The number of ether oxygens (including phenoxy) is 1. The number of benzene rings is 1. The number of nitrogens with zero attached hydrogens (tertiary/aromatic N) is 1. The molecular formula is C14H20BrNO2. The molecule has 0 atom stereocenters. The van der Waals surface area contributed by atoms with Crippen LogP contribution >= 0.6 is 15.9 Å². The number of hydrogen-bond acceptors (Lipinski definition) is 3. The summed E-state index contributed by atoms with van der Waals surface area (Å²) in [5, 5.41) is 9.86. The molecule has 4 heteroatoms. The Bertz CT molecular complexity index is 385. The van der Waals surface area contributed by atoms with E-state index in [2.05, 4.69) is 20.8 Å². The summed E-state index contributed by atoms with van der Waals surface area (Å²) in [6, 6.07) is 7.89. The van der Waals surface area contributed by atoms with Crippen molar-refractivity contribution in [1.29, 1.82) is 0 Å². The van der Waals surface area contributed by atoms with E-state index < -0.39 is 5.60 Å². The minimum absolute atomic E-state index is 0.471. The fraction of sp³-hybridized carbons (Fsp3) is 0.571. The molecule has 1 N–H and O–H groups in total. The van der Waals surface area contributed by atoms with Crippen LogP contribution in [-0.4, -0.2) is 41.8 Å². The molecule has 1 aromatic carbocycles. The maximum Gasteiger partial charge on any atom is 0.120 e. The zero-order valence-corrected chi connectivity index (χ0v) is 12.3. The molecule has 1 aliphatic heterocycles. The van der Waals surface area contributed by atoms with Crippen molar-refractivity contribution in [3.63, 3.8) is 0 Å². The van der Waals surface area contributed by atoms with Crippen molar-refractivity contribution in [1.82, 2.24) is 4.90 Å². The van der Waals surface area contributed by atoms with E-state index in [1.807, 2.05) is 31.2 Å². The molecule has 1 heterocycles. The molecule has 1 saturated heterocycles. The third-order valence-electron chi connectivity index (χ3n) is 3.41. The maximum absolute atomic E-state index is 9.86. The van der Waals surface area contributed by atoms with Crippen LogP contribution in [0.5, 0.6) is 5.75 Å². The zero-order valence-electron chi connectivity index (χ0n) is 10.7. The van der Waals surface area contributed by atoms with Crippen LogP contribution < -0.4 is 4.74 Å². The van der Waals surface area contributed by atoms with Crippen molar-refractivity contribution >= 4 is 15.9 Å². The van der Waals surface area contributed by atoms with Gasteiger partial charge in [0, 0.05) is 24.1 Å². The fourth-order valence-electron chi connectivity index (χ4n) is 2.11. The summed E-state index contributed by atoms with van der Waals surface area (Å²) >= 11 is 3.42. The number of likely N-dealkylation sites (tertiary alicyclic amines) is 1. The van der Waals surface area contributed by atoms with Crippen molar-refractivity contribution in [2.45, 2.75) is 25.4 Å². The minimum Gasteiger partial charge on any atom is -0.492 e. The van der Waals surface area contributed by atoms with Crippen LogP contribution in [-0.2, 0) is 0 Å². The van der Waals surface area contributed by atoms with Gasteiger partial charge in [0.05, 0.1) is 5.60 Å². The van der Waals surface area contributed by atoms with Gasteiger partial charge >= 0.3 is 0 Å². The summed E-state index contributed by atoms with van der Waals surface area (Å²) < 4.78 is 6.74. The molecule has 18 heavy (non-hydrogen) atoms. The van der Waals surface area contributed by atoms with Gasteiger partial charge in [-0.05, 0) is 38.0 Å². The highest BCUT2D eigenvalue weighted by Gasteiger charge is 2.26. The lowest BCUT2D eigenvalue weighted by atomic mass is 9.94. The Morgan fingerprint density at radius 1 is 1.39 bits per heavy atom. The highest BCUT2D eigenvalue weighted by atomic mass is 79.9. The third kappa shape index (κ3) is 4.26. The van der Waals surface area contributed by atoms with Crippen molar-refractivity contribution in [2.24, 2.45) is 0 Å². The zero-order chi connectivity index (χ0) is 13.0. The van der Waals surface area contributed by atoms with Gasteiger partial charge in [-0.1, -0.05) is 22.0 Å². The predicted octanol–water partition coefficient (Wildman–Crippen LogP) is 2.67. The Morgan fingerprint density at radius 2 is 2.11 bits per heavy atom. The minimum atomic E-state index is -0.471. The lowest BCUT2D eigenvalue weighted by molar-refractivity contribution is -0.00768. The van der Waals surface area contributed by atoms with E-state index in [0.29, 0.717) is 6.61 Å². The first-order valence-corrected chi connectivity index (χ1v) is 7.18.